The molecular formula is C21H29N3O5S2. The molecule has 0 spiro atoms. The molecule has 0 aliphatic rings. The van der Waals surface area contributed by atoms with Gasteiger partial charge >= 0.3 is 0 Å². The van der Waals surface area contributed by atoms with Crippen molar-refractivity contribution in [2.45, 2.75) is 21.6 Å². The average Bonchev–Trinajstić information content (AvgIpc) is 2.77. The molecular weight excluding hydrogens is 438 g/mol. The highest BCUT2D eigenvalue weighted by Gasteiger charge is 2.26. The van der Waals surface area contributed by atoms with Crippen molar-refractivity contribution in [2.24, 2.45) is 0 Å². The summed E-state index contributed by atoms with van der Waals surface area (Å²) in [5.41, 5.74) is 1.50. The maximum atomic E-state index is 13.1. The molecule has 0 atom stereocenters. The van der Waals surface area contributed by atoms with Crippen molar-refractivity contribution in [2.75, 3.05) is 46.4 Å². The highest BCUT2D eigenvalue weighted by Crippen LogP contribution is 2.28. The second kappa shape index (κ2) is 12.8. The smallest absolute Gasteiger partial charge is 0.258 e. The Kier molecular flexibility index (Phi) is 10.4. The van der Waals surface area contributed by atoms with E-state index in [-0.39, 0.29) is 11.4 Å². The summed E-state index contributed by atoms with van der Waals surface area (Å²) in [5.74, 6) is -0.795. The van der Waals surface area contributed by atoms with Gasteiger partial charge in [0.05, 0.1) is 18.0 Å². The number of sulfonamides is 1. The Labute approximate surface area is 188 Å². The SMILES string of the molecule is CCOCCN(C)CCN(CC(=O)NO)S(=O)(=O)c1ccc(Sc2ccccc2)cc1. The number of hydroxylamine groups is 1. The molecule has 2 rings (SSSR count). The molecule has 0 saturated carbocycles. The molecule has 0 aromatic heterocycles. The molecule has 170 valence electrons. The molecule has 0 heterocycles. The van der Waals surface area contributed by atoms with E-state index in [1.165, 1.54) is 29.4 Å². The standard InChI is InChI=1S/C21H29N3O5S2/c1-3-29-16-15-23(2)13-14-24(17-21(25)22-26)31(27,28)20-11-9-19(10-12-20)30-18-7-5-4-6-8-18/h4-12,26H,3,13-17H2,1-2H3,(H,22,25). The minimum absolute atomic E-state index is 0.0904. The Morgan fingerprint density at radius 1 is 1.03 bits per heavy atom. The van der Waals surface area contributed by atoms with Crippen LogP contribution in [0.25, 0.3) is 0 Å². The van der Waals surface area contributed by atoms with Crippen LogP contribution in [0.1, 0.15) is 6.92 Å². The first-order chi connectivity index (χ1) is 14.9. The zero-order valence-corrected chi connectivity index (χ0v) is 19.4. The molecule has 0 fully saturated rings. The normalized spacial score (nSPS) is 11.8. The quantitative estimate of drug-likeness (QED) is 0.265. The van der Waals surface area contributed by atoms with Gasteiger partial charge in [0.25, 0.3) is 5.91 Å². The zero-order chi connectivity index (χ0) is 22.7. The summed E-state index contributed by atoms with van der Waals surface area (Å²) in [6, 6.07) is 16.3. The number of hydrogen-bond acceptors (Lipinski definition) is 7. The lowest BCUT2D eigenvalue weighted by molar-refractivity contribution is -0.129. The van der Waals surface area contributed by atoms with Crippen molar-refractivity contribution >= 4 is 27.7 Å². The van der Waals surface area contributed by atoms with Gasteiger partial charge in [0, 0.05) is 36.0 Å². The van der Waals surface area contributed by atoms with Crippen LogP contribution in [0.3, 0.4) is 0 Å². The molecule has 2 aromatic rings. The predicted molar refractivity (Wildman–Crippen MR) is 120 cm³/mol. The molecule has 2 N–H and O–H groups in total. The van der Waals surface area contributed by atoms with Crippen LogP contribution in [0.5, 0.6) is 0 Å². The summed E-state index contributed by atoms with van der Waals surface area (Å²) in [6.45, 7) is 3.73. The van der Waals surface area contributed by atoms with Gasteiger partial charge in [0.15, 0.2) is 0 Å². The molecule has 8 nitrogen and oxygen atoms in total. The molecule has 10 heteroatoms. The third kappa shape index (κ3) is 8.24. The lowest BCUT2D eigenvalue weighted by Crippen LogP contribution is -2.43. The number of benzene rings is 2. The molecule has 0 bridgehead atoms. The Morgan fingerprint density at radius 3 is 2.29 bits per heavy atom. The van der Waals surface area contributed by atoms with Crippen molar-refractivity contribution in [3.63, 3.8) is 0 Å². The molecule has 0 radical (unpaired) electrons. The van der Waals surface area contributed by atoms with Crippen LogP contribution >= 0.6 is 11.8 Å². The molecule has 1 amide bonds. The largest absolute Gasteiger partial charge is 0.380 e. The minimum atomic E-state index is -3.92. The summed E-state index contributed by atoms with van der Waals surface area (Å²) < 4.78 is 32.7. The third-order valence-electron chi connectivity index (χ3n) is 4.44. The summed E-state index contributed by atoms with van der Waals surface area (Å²) in [7, 11) is -2.07. The van der Waals surface area contributed by atoms with Gasteiger partial charge in [0.1, 0.15) is 0 Å². The first-order valence-electron chi connectivity index (χ1n) is 9.89. The third-order valence-corrected chi connectivity index (χ3v) is 7.31. The van der Waals surface area contributed by atoms with Gasteiger partial charge in [0.2, 0.25) is 10.0 Å². The van der Waals surface area contributed by atoms with Crippen LogP contribution in [0.15, 0.2) is 69.3 Å². The van der Waals surface area contributed by atoms with Gasteiger partial charge < -0.3 is 9.64 Å². The zero-order valence-electron chi connectivity index (χ0n) is 17.7. The molecule has 0 saturated heterocycles. The van der Waals surface area contributed by atoms with Gasteiger partial charge in [-0.2, -0.15) is 4.31 Å². The van der Waals surface area contributed by atoms with Gasteiger partial charge in [-0.3, -0.25) is 10.0 Å². The van der Waals surface area contributed by atoms with Gasteiger partial charge in [-0.25, -0.2) is 13.9 Å². The van der Waals surface area contributed by atoms with E-state index in [4.69, 9.17) is 9.94 Å². The van der Waals surface area contributed by atoms with E-state index >= 15 is 0 Å². The van der Waals surface area contributed by atoms with E-state index in [1.807, 2.05) is 49.2 Å². The van der Waals surface area contributed by atoms with Crippen LogP contribution in [0.2, 0.25) is 0 Å². The molecule has 0 aliphatic heterocycles. The summed E-state index contributed by atoms with van der Waals surface area (Å²) >= 11 is 1.53. The fourth-order valence-electron chi connectivity index (χ4n) is 2.69. The van der Waals surface area contributed by atoms with E-state index in [0.717, 1.165) is 14.1 Å². The Bertz CT molecular complexity index is 908. The maximum Gasteiger partial charge on any atom is 0.258 e. The fraction of sp³-hybridized carbons (Fsp3) is 0.381. The number of likely N-dealkylation sites (N-methyl/N-ethyl adjacent to an activating group) is 1. The first-order valence-corrected chi connectivity index (χ1v) is 12.1. The maximum absolute atomic E-state index is 13.1. The second-order valence-electron chi connectivity index (χ2n) is 6.76. The van der Waals surface area contributed by atoms with Crippen molar-refractivity contribution in [3.8, 4) is 0 Å². The number of ether oxygens (including phenoxy) is 1. The average molecular weight is 468 g/mol. The second-order valence-corrected chi connectivity index (χ2v) is 9.85. The van der Waals surface area contributed by atoms with Gasteiger partial charge in [-0.05, 0) is 50.4 Å². The molecule has 0 aliphatic carbocycles. The number of nitrogens with zero attached hydrogens (tertiary/aromatic N) is 2. The number of rotatable bonds is 13. The summed E-state index contributed by atoms with van der Waals surface area (Å²) in [4.78, 5) is 15.7. The van der Waals surface area contributed by atoms with Crippen LogP contribution in [0, 0.1) is 0 Å². The lowest BCUT2D eigenvalue weighted by Gasteiger charge is -2.24. The van der Waals surface area contributed by atoms with Crippen molar-refractivity contribution in [1.82, 2.24) is 14.7 Å². The van der Waals surface area contributed by atoms with Crippen LogP contribution in [-0.4, -0.2) is 75.2 Å². The number of carbonyl (C=O) groups is 1. The number of carbonyl (C=O) groups excluding carboxylic acids is 1. The highest BCUT2D eigenvalue weighted by atomic mass is 32.2. The predicted octanol–water partition coefficient (Wildman–Crippen LogP) is 2.30. The van der Waals surface area contributed by atoms with Gasteiger partial charge in [-0.1, -0.05) is 30.0 Å². The summed E-state index contributed by atoms with van der Waals surface area (Å²) in [5, 5.41) is 8.87. The number of nitrogens with one attached hydrogen (secondary N) is 1. The fourth-order valence-corrected chi connectivity index (χ4v) is 4.92. The highest BCUT2D eigenvalue weighted by molar-refractivity contribution is 7.99. The minimum Gasteiger partial charge on any atom is -0.380 e. The van der Waals surface area contributed by atoms with Crippen molar-refractivity contribution < 1.29 is 23.2 Å². The molecule has 2 aromatic carbocycles. The van der Waals surface area contributed by atoms with E-state index < -0.39 is 22.5 Å². The van der Waals surface area contributed by atoms with Crippen LogP contribution in [-0.2, 0) is 19.6 Å². The van der Waals surface area contributed by atoms with Crippen LogP contribution in [0.4, 0.5) is 0 Å². The number of hydrogen-bond donors (Lipinski definition) is 2. The number of amides is 1. The molecule has 31 heavy (non-hydrogen) atoms. The van der Waals surface area contributed by atoms with Crippen molar-refractivity contribution in [3.05, 3.63) is 54.6 Å². The van der Waals surface area contributed by atoms with E-state index in [2.05, 4.69) is 0 Å². The topological polar surface area (TPSA) is 99.2 Å². The monoisotopic (exact) mass is 467 g/mol. The Morgan fingerprint density at radius 2 is 1.68 bits per heavy atom. The van der Waals surface area contributed by atoms with Gasteiger partial charge in [-0.15, -0.1) is 0 Å². The van der Waals surface area contributed by atoms with Crippen LogP contribution < -0.4 is 5.48 Å². The van der Waals surface area contributed by atoms with E-state index in [0.29, 0.717) is 26.3 Å². The molecule has 0 unspecified atom stereocenters. The first kappa shape index (κ1) is 25.3. The van der Waals surface area contributed by atoms with E-state index in [1.54, 1.807) is 12.1 Å². The Balaban J connectivity index is 2.10. The summed E-state index contributed by atoms with van der Waals surface area (Å²) in [6.07, 6.45) is 0. The van der Waals surface area contributed by atoms with E-state index in [9.17, 15) is 13.2 Å². The Hall–Kier alpha value is -1.95. The van der Waals surface area contributed by atoms with Crippen molar-refractivity contribution in [1.29, 1.82) is 0 Å². The lowest BCUT2D eigenvalue weighted by atomic mass is 10.4.